The monoisotopic (exact) mass is 397 g/mol. The van der Waals surface area contributed by atoms with Gasteiger partial charge in [0.05, 0.1) is 22.3 Å². The van der Waals surface area contributed by atoms with E-state index in [0.717, 1.165) is 0 Å². The third kappa shape index (κ3) is 3.84. The number of Topliss-reactive ketones (excluding diaryl/α,β-unsaturated/α-hetero) is 1. The van der Waals surface area contributed by atoms with Crippen LogP contribution in [0.3, 0.4) is 0 Å². The summed E-state index contributed by atoms with van der Waals surface area (Å²) in [7, 11) is 0. The summed E-state index contributed by atoms with van der Waals surface area (Å²) in [4.78, 5) is 27.2. The molecule has 0 radical (unpaired) electrons. The molecule has 5 nitrogen and oxygen atoms in total. The van der Waals surface area contributed by atoms with Gasteiger partial charge in [-0.1, -0.05) is 0 Å². The highest BCUT2D eigenvalue weighted by molar-refractivity contribution is 9.10. The van der Waals surface area contributed by atoms with E-state index < -0.39 is 11.8 Å². The molecule has 1 aromatic heterocycles. The van der Waals surface area contributed by atoms with Crippen LogP contribution < -0.4 is 4.74 Å². The molecule has 0 amide bonds. The highest BCUT2D eigenvalue weighted by Crippen LogP contribution is 2.26. The van der Waals surface area contributed by atoms with E-state index in [1.807, 2.05) is 0 Å². The number of aromatic amines is 1. The smallest absolute Gasteiger partial charge is 0.340 e. The van der Waals surface area contributed by atoms with E-state index in [0.29, 0.717) is 32.7 Å². The minimum absolute atomic E-state index is 0.243. The summed E-state index contributed by atoms with van der Waals surface area (Å²) >= 11 is 3.17. The van der Waals surface area contributed by atoms with E-state index in [4.69, 9.17) is 9.47 Å². The molecule has 1 heterocycles. The Morgan fingerprint density at radius 3 is 2.62 bits per heavy atom. The maximum Gasteiger partial charge on any atom is 0.340 e. The van der Waals surface area contributed by atoms with Crippen molar-refractivity contribution in [2.75, 3.05) is 13.2 Å². The van der Waals surface area contributed by atoms with Crippen molar-refractivity contribution in [2.45, 2.75) is 20.8 Å². The number of ether oxygens (including phenoxy) is 2. The van der Waals surface area contributed by atoms with E-state index in [-0.39, 0.29) is 19.0 Å². The number of halogens is 2. The van der Waals surface area contributed by atoms with Crippen LogP contribution in [0.25, 0.3) is 0 Å². The lowest BCUT2D eigenvalue weighted by atomic mass is 10.1. The number of hydrogen-bond acceptors (Lipinski definition) is 4. The second-order valence-electron chi connectivity index (χ2n) is 5.13. The molecular weight excluding hydrogens is 381 g/mol. The van der Waals surface area contributed by atoms with Crippen LogP contribution in [0.4, 0.5) is 4.39 Å². The third-order valence-corrected chi connectivity index (χ3v) is 4.07. The molecule has 0 saturated heterocycles. The van der Waals surface area contributed by atoms with Gasteiger partial charge in [-0.05, 0) is 60.5 Å². The van der Waals surface area contributed by atoms with Crippen molar-refractivity contribution in [1.82, 2.24) is 4.98 Å². The molecule has 1 aromatic carbocycles. The van der Waals surface area contributed by atoms with Gasteiger partial charge >= 0.3 is 5.97 Å². The predicted molar refractivity (Wildman–Crippen MR) is 90.1 cm³/mol. The zero-order valence-corrected chi connectivity index (χ0v) is 15.1. The average Bonchev–Trinajstić information content (AvgIpc) is 2.81. The van der Waals surface area contributed by atoms with Crippen LogP contribution in [-0.2, 0) is 4.74 Å². The highest BCUT2D eigenvalue weighted by atomic mass is 79.9. The van der Waals surface area contributed by atoms with Crippen molar-refractivity contribution in [2.24, 2.45) is 0 Å². The van der Waals surface area contributed by atoms with Crippen LogP contribution in [0.15, 0.2) is 22.7 Å². The number of esters is 1. The molecule has 0 spiro atoms. The molecule has 0 bridgehead atoms. The number of hydrogen-bond donors (Lipinski definition) is 1. The Bertz CT molecular complexity index is 785. The van der Waals surface area contributed by atoms with Crippen molar-refractivity contribution < 1.29 is 23.5 Å². The van der Waals surface area contributed by atoms with Crippen LogP contribution in [0.2, 0.25) is 0 Å². The Kier molecular flexibility index (Phi) is 5.77. The summed E-state index contributed by atoms with van der Waals surface area (Å²) in [6.45, 7) is 5.11. The number of ketones is 1. The van der Waals surface area contributed by atoms with E-state index in [9.17, 15) is 14.0 Å². The molecule has 0 aliphatic rings. The number of carbonyl (C=O) groups excluding carboxylic acids is 2. The summed E-state index contributed by atoms with van der Waals surface area (Å²) in [6, 6.07) is 3.93. The SMILES string of the molecule is CCOC(=O)c1c(C)[nH]c(C(=O)COc2ccc(F)cc2Br)c1C. The van der Waals surface area contributed by atoms with Crippen molar-refractivity contribution in [3.63, 3.8) is 0 Å². The number of rotatable bonds is 6. The molecule has 0 aliphatic heterocycles. The van der Waals surface area contributed by atoms with Crippen molar-refractivity contribution in [3.05, 3.63) is 51.0 Å². The van der Waals surface area contributed by atoms with Crippen molar-refractivity contribution in [1.29, 1.82) is 0 Å². The second-order valence-corrected chi connectivity index (χ2v) is 5.99. The number of aromatic nitrogens is 1. The normalized spacial score (nSPS) is 10.5. The molecule has 0 unspecified atom stereocenters. The van der Waals surface area contributed by atoms with Gasteiger partial charge in [0.2, 0.25) is 5.78 Å². The molecule has 0 atom stereocenters. The average molecular weight is 398 g/mol. The fourth-order valence-electron chi connectivity index (χ4n) is 2.35. The Labute approximate surface area is 147 Å². The van der Waals surface area contributed by atoms with E-state index >= 15 is 0 Å². The summed E-state index contributed by atoms with van der Waals surface area (Å²) in [5.41, 5.74) is 1.76. The molecule has 0 fully saturated rings. The molecule has 0 saturated carbocycles. The Morgan fingerprint density at radius 2 is 2.00 bits per heavy atom. The predicted octanol–water partition coefficient (Wildman–Crippen LogP) is 3.97. The molecule has 1 N–H and O–H groups in total. The van der Waals surface area contributed by atoms with Gasteiger partial charge in [-0.15, -0.1) is 0 Å². The summed E-state index contributed by atoms with van der Waals surface area (Å²) in [5.74, 6) is -0.834. The Hall–Kier alpha value is -2.15. The van der Waals surface area contributed by atoms with Gasteiger partial charge in [0.1, 0.15) is 11.6 Å². The summed E-state index contributed by atoms with van der Waals surface area (Å²) < 4.78 is 23.9. The van der Waals surface area contributed by atoms with Gasteiger partial charge in [-0.25, -0.2) is 9.18 Å². The number of nitrogens with one attached hydrogen (secondary N) is 1. The van der Waals surface area contributed by atoms with Crippen LogP contribution in [-0.4, -0.2) is 30.0 Å². The van der Waals surface area contributed by atoms with E-state index in [1.165, 1.54) is 18.2 Å². The lowest BCUT2D eigenvalue weighted by Gasteiger charge is -2.07. The summed E-state index contributed by atoms with van der Waals surface area (Å²) in [6.07, 6.45) is 0. The lowest BCUT2D eigenvalue weighted by molar-refractivity contribution is 0.0525. The van der Waals surface area contributed by atoms with E-state index in [1.54, 1.807) is 20.8 Å². The molecule has 2 aromatic rings. The molecule has 128 valence electrons. The zero-order valence-electron chi connectivity index (χ0n) is 13.5. The molecule has 7 heteroatoms. The lowest BCUT2D eigenvalue weighted by Crippen LogP contribution is -2.14. The van der Waals surface area contributed by atoms with Gasteiger partial charge in [0.15, 0.2) is 6.61 Å². The van der Waals surface area contributed by atoms with E-state index in [2.05, 4.69) is 20.9 Å². The third-order valence-electron chi connectivity index (χ3n) is 3.45. The highest BCUT2D eigenvalue weighted by Gasteiger charge is 2.23. The molecule has 24 heavy (non-hydrogen) atoms. The van der Waals surface area contributed by atoms with Crippen LogP contribution >= 0.6 is 15.9 Å². The van der Waals surface area contributed by atoms with Crippen molar-refractivity contribution in [3.8, 4) is 5.75 Å². The fraction of sp³-hybridized carbons (Fsp3) is 0.294. The minimum atomic E-state index is -0.468. The second kappa shape index (κ2) is 7.61. The number of H-pyrrole nitrogens is 1. The largest absolute Gasteiger partial charge is 0.484 e. The maximum absolute atomic E-state index is 13.0. The first-order chi connectivity index (χ1) is 11.3. The summed E-state index contributed by atoms with van der Waals surface area (Å²) in [5, 5.41) is 0. The molecular formula is C17H17BrFNO4. The maximum atomic E-state index is 13.0. The van der Waals surface area contributed by atoms with Gasteiger partial charge in [0.25, 0.3) is 0 Å². The van der Waals surface area contributed by atoms with Gasteiger partial charge in [-0.3, -0.25) is 4.79 Å². The standard InChI is InChI=1S/C17H17BrFNO4/c1-4-23-17(22)15-9(2)16(20-10(15)3)13(21)8-24-14-6-5-11(19)7-12(14)18/h5-7,20H,4,8H2,1-3H3. The van der Waals surface area contributed by atoms with Gasteiger partial charge in [0, 0.05) is 5.69 Å². The minimum Gasteiger partial charge on any atom is -0.484 e. The van der Waals surface area contributed by atoms with Crippen LogP contribution in [0.1, 0.15) is 39.0 Å². The number of carbonyl (C=O) groups is 2. The van der Waals surface area contributed by atoms with Crippen LogP contribution in [0, 0.1) is 19.7 Å². The number of benzene rings is 1. The first kappa shape index (κ1) is 18.2. The van der Waals surface area contributed by atoms with Gasteiger partial charge in [-0.2, -0.15) is 0 Å². The first-order valence-corrected chi connectivity index (χ1v) is 8.11. The quantitative estimate of drug-likeness (QED) is 0.591. The van der Waals surface area contributed by atoms with Gasteiger partial charge < -0.3 is 14.5 Å². The molecule has 0 aliphatic carbocycles. The fourth-order valence-corrected chi connectivity index (χ4v) is 2.81. The Balaban J connectivity index is 2.15. The Morgan fingerprint density at radius 1 is 1.29 bits per heavy atom. The zero-order chi connectivity index (χ0) is 17.9. The van der Waals surface area contributed by atoms with Crippen LogP contribution in [0.5, 0.6) is 5.75 Å². The molecule has 2 rings (SSSR count). The van der Waals surface area contributed by atoms with Crippen molar-refractivity contribution >= 4 is 27.7 Å². The first-order valence-electron chi connectivity index (χ1n) is 7.32. The number of aryl methyl sites for hydroxylation is 1. The topological polar surface area (TPSA) is 68.4 Å².